The molecule has 1 aromatic rings. The molecular weight excluding hydrogens is 248 g/mol. The number of carbonyl (C=O) groups is 2. The van der Waals surface area contributed by atoms with E-state index in [0.29, 0.717) is 30.9 Å². The van der Waals surface area contributed by atoms with Crippen molar-refractivity contribution in [2.75, 3.05) is 25.1 Å². The van der Waals surface area contributed by atoms with Gasteiger partial charge in [0, 0.05) is 13.0 Å². The number of nitrogens with zero attached hydrogens (tertiary/aromatic N) is 1. The second-order valence-electron chi connectivity index (χ2n) is 4.50. The van der Waals surface area contributed by atoms with Gasteiger partial charge in [0.25, 0.3) is 0 Å². The van der Waals surface area contributed by atoms with Crippen LogP contribution >= 0.6 is 0 Å². The highest BCUT2D eigenvalue weighted by molar-refractivity contribution is 5.99. The van der Waals surface area contributed by atoms with Gasteiger partial charge in [0.15, 0.2) is 0 Å². The zero-order valence-electron chi connectivity index (χ0n) is 10.6. The maximum absolute atomic E-state index is 12.0. The molecule has 0 radical (unpaired) electrons. The molecule has 1 aromatic carbocycles. The van der Waals surface area contributed by atoms with Gasteiger partial charge in [-0.05, 0) is 30.7 Å². The monoisotopic (exact) mass is 264 g/mol. The predicted molar refractivity (Wildman–Crippen MR) is 69.5 cm³/mol. The fourth-order valence-electron chi connectivity index (χ4n) is 2.21. The van der Waals surface area contributed by atoms with Crippen LogP contribution in [-0.2, 0) is 4.79 Å². The van der Waals surface area contributed by atoms with Gasteiger partial charge in [-0.3, -0.25) is 4.79 Å². The Labute approximate surface area is 110 Å². The van der Waals surface area contributed by atoms with Crippen LogP contribution in [0.2, 0.25) is 0 Å². The molecule has 0 aliphatic carbocycles. The fraction of sp³-hybridized carbons (Fsp3) is 0.385. The largest absolute Gasteiger partial charge is 0.495 e. The molecule has 1 amide bonds. The molecule has 1 atom stereocenters. The van der Waals surface area contributed by atoms with E-state index in [1.54, 1.807) is 11.0 Å². The SMILES string of the molecule is COc1ccc(C(=O)O)cc1N1CC(CN)CC1=O. The Bertz CT molecular complexity index is 515. The van der Waals surface area contributed by atoms with E-state index in [1.807, 2.05) is 0 Å². The van der Waals surface area contributed by atoms with Crippen LogP contribution in [0, 0.1) is 5.92 Å². The Kier molecular flexibility index (Phi) is 3.71. The van der Waals surface area contributed by atoms with Crippen molar-refractivity contribution >= 4 is 17.6 Å². The lowest BCUT2D eigenvalue weighted by atomic mass is 10.1. The van der Waals surface area contributed by atoms with Crippen LogP contribution < -0.4 is 15.4 Å². The van der Waals surface area contributed by atoms with Gasteiger partial charge in [-0.1, -0.05) is 0 Å². The second-order valence-corrected chi connectivity index (χ2v) is 4.50. The number of carboxylic acid groups (broad SMARTS) is 1. The molecular formula is C13H16N2O4. The summed E-state index contributed by atoms with van der Waals surface area (Å²) < 4.78 is 5.19. The first kappa shape index (κ1) is 13.4. The number of nitrogens with two attached hydrogens (primary N) is 1. The minimum Gasteiger partial charge on any atom is -0.495 e. The summed E-state index contributed by atoms with van der Waals surface area (Å²) in [7, 11) is 1.49. The highest BCUT2D eigenvalue weighted by Gasteiger charge is 2.31. The summed E-state index contributed by atoms with van der Waals surface area (Å²) in [5.74, 6) is -0.510. The predicted octanol–water partition coefficient (Wildman–Crippen LogP) is 0.705. The van der Waals surface area contributed by atoms with Crippen LogP contribution in [-0.4, -0.2) is 37.2 Å². The third-order valence-corrected chi connectivity index (χ3v) is 3.26. The normalized spacial score (nSPS) is 18.7. The Morgan fingerprint density at radius 1 is 1.58 bits per heavy atom. The summed E-state index contributed by atoms with van der Waals surface area (Å²) in [6, 6.07) is 4.46. The molecule has 6 heteroatoms. The second kappa shape index (κ2) is 5.27. The van der Waals surface area contributed by atoms with Crippen molar-refractivity contribution in [1.29, 1.82) is 0 Å². The number of hydrogen-bond acceptors (Lipinski definition) is 4. The number of rotatable bonds is 4. The van der Waals surface area contributed by atoms with Gasteiger partial charge in [-0.15, -0.1) is 0 Å². The molecule has 0 aromatic heterocycles. The quantitative estimate of drug-likeness (QED) is 0.835. The van der Waals surface area contributed by atoms with E-state index in [0.717, 1.165) is 0 Å². The molecule has 1 aliphatic heterocycles. The summed E-state index contributed by atoms with van der Waals surface area (Å²) in [4.78, 5) is 24.5. The summed E-state index contributed by atoms with van der Waals surface area (Å²) in [5, 5.41) is 9.02. The highest BCUT2D eigenvalue weighted by Crippen LogP contribution is 2.33. The Morgan fingerprint density at radius 2 is 2.32 bits per heavy atom. The summed E-state index contributed by atoms with van der Waals surface area (Å²) in [6.07, 6.45) is 0.386. The van der Waals surface area contributed by atoms with E-state index >= 15 is 0 Å². The molecule has 102 valence electrons. The first-order valence-corrected chi connectivity index (χ1v) is 5.98. The minimum atomic E-state index is -1.04. The van der Waals surface area contributed by atoms with Crippen LogP contribution in [0.25, 0.3) is 0 Å². The number of benzene rings is 1. The molecule has 1 fully saturated rings. The van der Waals surface area contributed by atoms with Crippen LogP contribution in [0.4, 0.5) is 5.69 Å². The molecule has 0 bridgehead atoms. The van der Waals surface area contributed by atoms with E-state index in [1.165, 1.54) is 19.2 Å². The van der Waals surface area contributed by atoms with E-state index in [-0.39, 0.29) is 17.4 Å². The van der Waals surface area contributed by atoms with E-state index in [4.69, 9.17) is 15.6 Å². The number of anilines is 1. The lowest BCUT2D eigenvalue weighted by Crippen LogP contribution is -2.26. The van der Waals surface area contributed by atoms with Crippen molar-refractivity contribution in [1.82, 2.24) is 0 Å². The third-order valence-electron chi connectivity index (χ3n) is 3.26. The zero-order chi connectivity index (χ0) is 14.0. The van der Waals surface area contributed by atoms with Crippen molar-refractivity contribution < 1.29 is 19.4 Å². The summed E-state index contributed by atoms with van der Waals surface area (Å²) >= 11 is 0. The number of carbonyl (C=O) groups excluding carboxylic acids is 1. The lowest BCUT2D eigenvalue weighted by Gasteiger charge is -2.20. The molecule has 1 aliphatic rings. The molecule has 6 nitrogen and oxygen atoms in total. The third kappa shape index (κ3) is 2.53. The van der Waals surface area contributed by atoms with Crippen LogP contribution in [0.5, 0.6) is 5.75 Å². The van der Waals surface area contributed by atoms with E-state index in [9.17, 15) is 9.59 Å². The Morgan fingerprint density at radius 3 is 2.84 bits per heavy atom. The van der Waals surface area contributed by atoms with Gasteiger partial charge < -0.3 is 20.5 Å². The topological polar surface area (TPSA) is 92.9 Å². The van der Waals surface area contributed by atoms with Crippen LogP contribution in [0.15, 0.2) is 18.2 Å². The number of aromatic carboxylic acids is 1. The molecule has 3 N–H and O–H groups in total. The summed E-state index contributed by atoms with van der Waals surface area (Å²) in [6.45, 7) is 0.929. The highest BCUT2D eigenvalue weighted by atomic mass is 16.5. The molecule has 1 saturated heterocycles. The minimum absolute atomic E-state index is 0.0590. The number of methoxy groups -OCH3 is 1. The molecule has 1 heterocycles. The fourth-order valence-corrected chi connectivity index (χ4v) is 2.21. The van der Waals surface area contributed by atoms with Crippen molar-refractivity contribution in [2.45, 2.75) is 6.42 Å². The number of hydrogen-bond donors (Lipinski definition) is 2. The van der Waals surface area contributed by atoms with Gasteiger partial charge in [-0.25, -0.2) is 4.79 Å². The van der Waals surface area contributed by atoms with Gasteiger partial charge in [0.2, 0.25) is 5.91 Å². The average Bonchev–Trinajstić information content (AvgIpc) is 2.79. The van der Waals surface area contributed by atoms with Crippen molar-refractivity contribution in [2.24, 2.45) is 11.7 Å². The number of ether oxygens (including phenoxy) is 1. The maximum atomic E-state index is 12.0. The smallest absolute Gasteiger partial charge is 0.335 e. The van der Waals surface area contributed by atoms with Gasteiger partial charge in [0.05, 0.1) is 18.4 Å². The van der Waals surface area contributed by atoms with Gasteiger partial charge in [-0.2, -0.15) is 0 Å². The summed E-state index contributed by atoms with van der Waals surface area (Å²) in [5.41, 5.74) is 6.19. The van der Waals surface area contributed by atoms with Gasteiger partial charge >= 0.3 is 5.97 Å². The van der Waals surface area contributed by atoms with Crippen LogP contribution in [0.3, 0.4) is 0 Å². The number of carboxylic acids is 1. The first-order valence-electron chi connectivity index (χ1n) is 5.98. The number of amides is 1. The maximum Gasteiger partial charge on any atom is 0.335 e. The van der Waals surface area contributed by atoms with Gasteiger partial charge in [0.1, 0.15) is 5.75 Å². The first-order chi connectivity index (χ1) is 9.06. The van der Waals surface area contributed by atoms with E-state index in [2.05, 4.69) is 0 Å². The Balaban J connectivity index is 2.39. The molecule has 0 spiro atoms. The van der Waals surface area contributed by atoms with Crippen molar-refractivity contribution in [3.8, 4) is 5.75 Å². The Hall–Kier alpha value is -2.08. The molecule has 1 unspecified atom stereocenters. The van der Waals surface area contributed by atoms with E-state index < -0.39 is 5.97 Å². The standard InChI is InChI=1S/C13H16N2O4/c1-19-11-3-2-9(13(17)18)5-10(11)15-7-8(6-14)4-12(15)16/h2-3,5,8H,4,6-7,14H2,1H3,(H,17,18). The lowest BCUT2D eigenvalue weighted by molar-refractivity contribution is -0.117. The average molecular weight is 264 g/mol. The molecule has 0 saturated carbocycles. The molecule has 2 rings (SSSR count). The molecule has 19 heavy (non-hydrogen) atoms. The van der Waals surface area contributed by atoms with Crippen molar-refractivity contribution in [3.63, 3.8) is 0 Å². The van der Waals surface area contributed by atoms with Crippen LogP contribution in [0.1, 0.15) is 16.8 Å². The zero-order valence-corrected chi connectivity index (χ0v) is 10.6. The van der Waals surface area contributed by atoms with Crippen molar-refractivity contribution in [3.05, 3.63) is 23.8 Å².